The Hall–Kier alpha value is -1.83. The monoisotopic (exact) mass is 583 g/mol. The summed E-state index contributed by atoms with van der Waals surface area (Å²) in [5.74, 6) is 0.0195. The minimum absolute atomic E-state index is 0. The topological polar surface area (TPSA) is 53.6 Å². The summed E-state index contributed by atoms with van der Waals surface area (Å²) in [5.41, 5.74) is 4.24. The number of Topliss-reactive ketones (excluding diaryl/α,β-unsaturated/α-hetero) is 1. The maximum atomic E-state index is 13.9. The molecule has 0 spiro atoms. The summed E-state index contributed by atoms with van der Waals surface area (Å²) in [4.78, 5) is 16.1. The number of rotatable bonds is 9. The van der Waals surface area contributed by atoms with Crippen LogP contribution in [0.15, 0.2) is 72.8 Å². The molecule has 1 fully saturated rings. The third-order valence-electron chi connectivity index (χ3n) is 6.34. The van der Waals surface area contributed by atoms with Crippen LogP contribution in [0.5, 0.6) is 0 Å². The van der Waals surface area contributed by atoms with Crippen LogP contribution >= 0.6 is 48.0 Å². The lowest BCUT2D eigenvalue weighted by molar-refractivity contribution is -0.132. The van der Waals surface area contributed by atoms with Gasteiger partial charge in [0.15, 0.2) is 5.78 Å². The molecule has 9 heteroatoms. The predicted molar refractivity (Wildman–Crippen MR) is 158 cm³/mol. The molecular formula is C28H33Cl4N3O2. The molecule has 3 aromatic carbocycles. The third kappa shape index (κ3) is 8.08. The van der Waals surface area contributed by atoms with E-state index in [0.717, 1.165) is 35.5 Å². The maximum absolute atomic E-state index is 13.9. The number of hydrogen-bond donors (Lipinski definition) is 2. The molecule has 3 aromatic rings. The molecule has 1 heterocycles. The number of anilines is 1. The van der Waals surface area contributed by atoms with E-state index in [1.54, 1.807) is 12.1 Å². The Morgan fingerprint density at radius 1 is 1.03 bits per heavy atom. The van der Waals surface area contributed by atoms with E-state index in [1.165, 1.54) is 0 Å². The van der Waals surface area contributed by atoms with Crippen molar-refractivity contribution in [2.45, 2.75) is 45.3 Å². The fourth-order valence-corrected chi connectivity index (χ4v) is 4.75. The second-order valence-corrected chi connectivity index (χ2v) is 9.64. The second-order valence-electron chi connectivity index (χ2n) is 8.83. The number of halogens is 4. The zero-order valence-corrected chi connectivity index (χ0v) is 24.0. The van der Waals surface area contributed by atoms with E-state index in [4.69, 9.17) is 27.9 Å². The fourth-order valence-electron chi connectivity index (χ4n) is 4.43. The highest BCUT2D eigenvalue weighted by atomic mass is 35.5. The van der Waals surface area contributed by atoms with Crippen molar-refractivity contribution in [1.82, 2.24) is 10.6 Å². The van der Waals surface area contributed by atoms with Gasteiger partial charge in [0.2, 0.25) is 0 Å². The van der Waals surface area contributed by atoms with E-state index >= 15 is 0 Å². The Balaban J connectivity index is 0.00000241. The number of piperazine rings is 1. The highest BCUT2D eigenvalue weighted by Crippen LogP contribution is 2.27. The molecule has 0 amide bonds. The van der Waals surface area contributed by atoms with Crippen LogP contribution in [0.4, 0.5) is 5.69 Å². The van der Waals surface area contributed by atoms with E-state index in [2.05, 4.69) is 46.7 Å². The summed E-state index contributed by atoms with van der Waals surface area (Å²) < 4.78 is 6.03. The van der Waals surface area contributed by atoms with Crippen molar-refractivity contribution in [2.75, 3.05) is 18.0 Å². The minimum Gasteiger partial charge on any atom is -0.366 e. The first-order valence-electron chi connectivity index (χ1n) is 11.9. The van der Waals surface area contributed by atoms with Crippen LogP contribution < -0.4 is 15.5 Å². The largest absolute Gasteiger partial charge is 0.366 e. The smallest absolute Gasteiger partial charge is 0.186 e. The van der Waals surface area contributed by atoms with Crippen molar-refractivity contribution in [1.29, 1.82) is 0 Å². The Bertz CT molecular complexity index is 1150. The van der Waals surface area contributed by atoms with E-state index in [9.17, 15) is 4.79 Å². The number of ether oxygens (including phenoxy) is 1. The van der Waals surface area contributed by atoms with Gasteiger partial charge in [-0.3, -0.25) is 15.4 Å². The van der Waals surface area contributed by atoms with E-state index in [0.29, 0.717) is 16.6 Å². The van der Waals surface area contributed by atoms with Crippen LogP contribution in [0.1, 0.15) is 23.6 Å². The van der Waals surface area contributed by atoms with Gasteiger partial charge in [-0.2, -0.15) is 0 Å². The Morgan fingerprint density at radius 3 is 2.43 bits per heavy atom. The standard InChI is InChI=1S/C28H31Cl2N3O2.2ClH/c1-19-8-6-7-11-25(19)33-15-14-31-28(32-17-21-9-4-3-5-10-21)26(33)27(34)20(2)35-18-22-12-13-23(29)24(30)16-22;;/h3-13,16,20,26,28,31-32H,14-15,17-18H2,1-2H3;2*1H. The molecular weight excluding hydrogens is 552 g/mol. The van der Waals surface area contributed by atoms with Gasteiger partial charge in [0, 0.05) is 25.3 Å². The molecule has 1 aliphatic heterocycles. The Morgan fingerprint density at radius 2 is 1.73 bits per heavy atom. The number of carbonyl (C=O) groups excluding carboxylic acids is 1. The Labute approximate surface area is 241 Å². The van der Waals surface area contributed by atoms with Gasteiger partial charge in [-0.1, -0.05) is 77.8 Å². The van der Waals surface area contributed by atoms with E-state index < -0.39 is 12.1 Å². The maximum Gasteiger partial charge on any atom is 0.186 e. The van der Waals surface area contributed by atoms with Gasteiger partial charge < -0.3 is 9.64 Å². The van der Waals surface area contributed by atoms with Crippen molar-refractivity contribution >= 4 is 59.5 Å². The molecule has 200 valence electrons. The summed E-state index contributed by atoms with van der Waals surface area (Å²) in [6, 6.07) is 23.3. The molecule has 4 rings (SSSR count). The van der Waals surface area contributed by atoms with Gasteiger partial charge in [0.25, 0.3) is 0 Å². The molecule has 3 atom stereocenters. The first-order chi connectivity index (χ1) is 16.9. The third-order valence-corrected chi connectivity index (χ3v) is 7.08. The van der Waals surface area contributed by atoms with Crippen LogP contribution in [-0.2, 0) is 22.7 Å². The predicted octanol–water partition coefficient (Wildman–Crippen LogP) is 6.21. The van der Waals surface area contributed by atoms with Gasteiger partial charge in [0.05, 0.1) is 22.8 Å². The minimum atomic E-state index is -0.609. The summed E-state index contributed by atoms with van der Waals surface area (Å²) in [6.45, 7) is 6.32. The van der Waals surface area contributed by atoms with Crippen molar-refractivity contribution in [3.8, 4) is 0 Å². The summed E-state index contributed by atoms with van der Waals surface area (Å²) in [7, 11) is 0. The molecule has 3 unspecified atom stereocenters. The first kappa shape index (κ1) is 31.4. The number of nitrogens with zero attached hydrogens (tertiary/aromatic N) is 1. The van der Waals surface area contributed by atoms with Gasteiger partial charge >= 0.3 is 0 Å². The number of para-hydroxylation sites is 1. The van der Waals surface area contributed by atoms with E-state index in [-0.39, 0.29) is 43.4 Å². The molecule has 2 N–H and O–H groups in total. The number of ketones is 1. The fraction of sp³-hybridized carbons (Fsp3) is 0.321. The molecule has 0 radical (unpaired) electrons. The van der Waals surface area contributed by atoms with E-state index in [1.807, 2.05) is 43.3 Å². The average Bonchev–Trinajstić information content (AvgIpc) is 2.88. The molecule has 1 saturated heterocycles. The van der Waals surface area contributed by atoms with Crippen molar-refractivity contribution in [3.63, 3.8) is 0 Å². The molecule has 0 bridgehead atoms. The average molecular weight is 585 g/mol. The highest BCUT2D eigenvalue weighted by Gasteiger charge is 2.39. The number of nitrogens with one attached hydrogen (secondary N) is 2. The van der Waals surface area contributed by atoms with Crippen LogP contribution in [0.3, 0.4) is 0 Å². The lowest BCUT2D eigenvalue weighted by Gasteiger charge is -2.44. The number of benzene rings is 3. The quantitative estimate of drug-likeness (QED) is 0.313. The van der Waals surface area contributed by atoms with Crippen molar-refractivity contribution in [3.05, 3.63) is 99.5 Å². The van der Waals surface area contributed by atoms with Crippen LogP contribution in [0.2, 0.25) is 10.0 Å². The van der Waals surface area contributed by atoms with Crippen molar-refractivity contribution in [2.24, 2.45) is 0 Å². The zero-order valence-electron chi connectivity index (χ0n) is 20.8. The lowest BCUT2D eigenvalue weighted by Crippen LogP contribution is -2.67. The zero-order chi connectivity index (χ0) is 24.8. The lowest BCUT2D eigenvalue weighted by atomic mass is 9.98. The first-order valence-corrected chi connectivity index (χ1v) is 12.6. The van der Waals surface area contributed by atoms with Gasteiger partial charge in [0.1, 0.15) is 12.1 Å². The molecule has 5 nitrogen and oxygen atoms in total. The highest BCUT2D eigenvalue weighted by molar-refractivity contribution is 6.42. The van der Waals surface area contributed by atoms with Crippen LogP contribution in [0.25, 0.3) is 0 Å². The van der Waals surface area contributed by atoms with Crippen LogP contribution in [0, 0.1) is 6.92 Å². The number of carbonyl (C=O) groups is 1. The normalized spacial score (nSPS) is 17.9. The second kappa shape index (κ2) is 14.9. The van der Waals surface area contributed by atoms with Crippen molar-refractivity contribution < 1.29 is 9.53 Å². The molecule has 0 aliphatic carbocycles. The Kier molecular flexibility index (Phi) is 12.7. The molecule has 0 saturated carbocycles. The number of aryl methyl sites for hydroxylation is 1. The summed E-state index contributed by atoms with van der Waals surface area (Å²) in [5, 5.41) is 8.06. The molecule has 37 heavy (non-hydrogen) atoms. The van der Waals surface area contributed by atoms with Gasteiger partial charge in [-0.15, -0.1) is 24.8 Å². The van der Waals surface area contributed by atoms with Gasteiger partial charge in [-0.05, 0) is 48.7 Å². The molecule has 0 aromatic heterocycles. The summed E-state index contributed by atoms with van der Waals surface area (Å²) in [6.07, 6.45) is -0.839. The summed E-state index contributed by atoms with van der Waals surface area (Å²) >= 11 is 12.2. The molecule has 1 aliphatic rings. The van der Waals surface area contributed by atoms with Crippen LogP contribution in [-0.4, -0.2) is 37.2 Å². The SMILES string of the molecule is Cc1ccccc1N1CCNC(NCc2ccccc2)C1C(=O)C(C)OCc1ccc(Cl)c(Cl)c1.Cl.Cl. The number of hydrogen-bond acceptors (Lipinski definition) is 5. The van der Waals surface area contributed by atoms with Gasteiger partial charge in [-0.25, -0.2) is 0 Å².